The van der Waals surface area contributed by atoms with Gasteiger partial charge in [0.15, 0.2) is 0 Å². The highest BCUT2D eigenvalue weighted by molar-refractivity contribution is 5.95. The van der Waals surface area contributed by atoms with Crippen LogP contribution in [-0.4, -0.2) is 49.4 Å². The molecule has 20 heavy (non-hydrogen) atoms. The van der Waals surface area contributed by atoms with Gasteiger partial charge in [-0.3, -0.25) is 4.79 Å². The summed E-state index contributed by atoms with van der Waals surface area (Å²) in [5, 5.41) is 0. The molecule has 0 aliphatic rings. The predicted octanol–water partition coefficient (Wildman–Crippen LogP) is 2.24. The van der Waals surface area contributed by atoms with Crippen LogP contribution in [0, 0.1) is 12.8 Å². The molecule has 0 aromatic heterocycles. The van der Waals surface area contributed by atoms with Gasteiger partial charge in [0.05, 0.1) is 0 Å². The van der Waals surface area contributed by atoms with Crippen molar-refractivity contribution in [2.24, 2.45) is 5.92 Å². The van der Waals surface area contributed by atoms with Crippen LogP contribution in [0.2, 0.25) is 0 Å². The highest BCUT2D eigenvalue weighted by Gasteiger charge is 2.17. The lowest BCUT2D eigenvalue weighted by molar-refractivity contribution is 0.0724. The number of rotatable bonds is 6. The van der Waals surface area contributed by atoms with Crippen molar-refractivity contribution < 1.29 is 4.79 Å². The van der Waals surface area contributed by atoms with E-state index in [0.717, 1.165) is 25.2 Å². The Kier molecular flexibility index (Phi) is 6.02. The Labute approximate surface area is 122 Å². The molecule has 1 rings (SSSR count). The van der Waals surface area contributed by atoms with E-state index in [4.69, 9.17) is 5.73 Å². The molecule has 0 aliphatic heterocycles. The SMILES string of the molecule is Cc1cc(N)cc(C(=O)N(CCN(C)C)CC(C)C)c1. The van der Waals surface area contributed by atoms with Gasteiger partial charge in [-0.25, -0.2) is 0 Å². The van der Waals surface area contributed by atoms with Gasteiger partial charge in [-0.1, -0.05) is 13.8 Å². The Morgan fingerprint density at radius 2 is 1.85 bits per heavy atom. The summed E-state index contributed by atoms with van der Waals surface area (Å²) in [6.45, 7) is 8.57. The summed E-state index contributed by atoms with van der Waals surface area (Å²) in [7, 11) is 4.03. The van der Waals surface area contributed by atoms with Crippen LogP contribution in [0.15, 0.2) is 18.2 Å². The lowest BCUT2D eigenvalue weighted by Gasteiger charge is -2.26. The molecule has 0 spiro atoms. The predicted molar refractivity (Wildman–Crippen MR) is 84.9 cm³/mol. The summed E-state index contributed by atoms with van der Waals surface area (Å²) < 4.78 is 0. The van der Waals surface area contributed by atoms with Crippen molar-refractivity contribution in [1.29, 1.82) is 0 Å². The number of likely N-dealkylation sites (N-methyl/N-ethyl adjacent to an activating group) is 1. The topological polar surface area (TPSA) is 49.6 Å². The number of hydrogen-bond acceptors (Lipinski definition) is 3. The van der Waals surface area contributed by atoms with Crippen LogP contribution in [0.1, 0.15) is 29.8 Å². The van der Waals surface area contributed by atoms with Crippen molar-refractivity contribution in [3.63, 3.8) is 0 Å². The van der Waals surface area contributed by atoms with E-state index in [0.29, 0.717) is 17.2 Å². The Hall–Kier alpha value is -1.55. The van der Waals surface area contributed by atoms with Gasteiger partial charge >= 0.3 is 0 Å². The molecule has 0 saturated heterocycles. The van der Waals surface area contributed by atoms with Gasteiger partial charge in [0, 0.05) is 30.9 Å². The van der Waals surface area contributed by atoms with Gasteiger partial charge in [-0.05, 0) is 50.7 Å². The van der Waals surface area contributed by atoms with Crippen molar-refractivity contribution in [3.05, 3.63) is 29.3 Å². The fraction of sp³-hybridized carbons (Fsp3) is 0.562. The minimum atomic E-state index is 0.0657. The monoisotopic (exact) mass is 277 g/mol. The molecule has 0 fully saturated rings. The van der Waals surface area contributed by atoms with Crippen molar-refractivity contribution in [3.8, 4) is 0 Å². The van der Waals surface area contributed by atoms with Crippen LogP contribution < -0.4 is 5.73 Å². The van der Waals surface area contributed by atoms with E-state index < -0.39 is 0 Å². The number of nitrogens with zero attached hydrogens (tertiary/aromatic N) is 2. The Bertz CT molecular complexity index is 435. The molecule has 4 nitrogen and oxygen atoms in total. The number of nitrogen functional groups attached to an aromatic ring is 1. The quantitative estimate of drug-likeness (QED) is 0.811. The molecular weight excluding hydrogens is 250 g/mol. The van der Waals surface area contributed by atoms with Crippen LogP contribution in [0.5, 0.6) is 0 Å². The third-order valence-corrected chi connectivity index (χ3v) is 3.04. The van der Waals surface area contributed by atoms with E-state index in [9.17, 15) is 4.79 Å². The van der Waals surface area contributed by atoms with Gasteiger partial charge in [-0.15, -0.1) is 0 Å². The molecule has 0 radical (unpaired) electrons. The normalized spacial score (nSPS) is 11.2. The van der Waals surface area contributed by atoms with Gasteiger partial charge < -0.3 is 15.5 Å². The zero-order valence-corrected chi connectivity index (χ0v) is 13.3. The largest absolute Gasteiger partial charge is 0.399 e. The standard InChI is InChI=1S/C16H27N3O/c1-12(2)11-19(7-6-18(4)5)16(20)14-8-13(3)9-15(17)10-14/h8-10,12H,6-7,11,17H2,1-5H3. The first-order chi connectivity index (χ1) is 9.29. The summed E-state index contributed by atoms with van der Waals surface area (Å²) >= 11 is 0. The van der Waals surface area contributed by atoms with E-state index in [1.165, 1.54) is 0 Å². The molecule has 0 unspecified atom stereocenters. The lowest BCUT2D eigenvalue weighted by atomic mass is 10.1. The molecule has 0 atom stereocenters. The van der Waals surface area contributed by atoms with E-state index in [-0.39, 0.29) is 5.91 Å². The molecule has 0 bridgehead atoms. The van der Waals surface area contributed by atoms with Gasteiger partial charge in [0.25, 0.3) is 5.91 Å². The van der Waals surface area contributed by atoms with Crippen LogP contribution in [0.4, 0.5) is 5.69 Å². The fourth-order valence-corrected chi connectivity index (χ4v) is 2.16. The van der Waals surface area contributed by atoms with Crippen molar-refractivity contribution in [2.75, 3.05) is 39.5 Å². The summed E-state index contributed by atoms with van der Waals surface area (Å²) in [6, 6.07) is 5.55. The number of nitrogens with two attached hydrogens (primary N) is 1. The summed E-state index contributed by atoms with van der Waals surface area (Å²) in [5.74, 6) is 0.513. The number of anilines is 1. The molecule has 1 aromatic carbocycles. The number of aryl methyl sites for hydroxylation is 1. The van der Waals surface area contributed by atoms with Gasteiger partial charge in [-0.2, -0.15) is 0 Å². The van der Waals surface area contributed by atoms with Gasteiger partial charge in [0.1, 0.15) is 0 Å². The Morgan fingerprint density at radius 3 is 2.35 bits per heavy atom. The zero-order chi connectivity index (χ0) is 15.3. The molecule has 112 valence electrons. The first-order valence-corrected chi connectivity index (χ1v) is 7.10. The highest BCUT2D eigenvalue weighted by atomic mass is 16.2. The van der Waals surface area contributed by atoms with E-state index in [2.05, 4.69) is 18.7 Å². The second-order valence-corrected chi connectivity index (χ2v) is 6.08. The summed E-state index contributed by atoms with van der Waals surface area (Å²) in [4.78, 5) is 16.7. The fourth-order valence-electron chi connectivity index (χ4n) is 2.16. The molecule has 1 aromatic rings. The Morgan fingerprint density at radius 1 is 1.20 bits per heavy atom. The number of hydrogen-bond donors (Lipinski definition) is 1. The minimum Gasteiger partial charge on any atom is -0.399 e. The average molecular weight is 277 g/mol. The highest BCUT2D eigenvalue weighted by Crippen LogP contribution is 2.14. The lowest BCUT2D eigenvalue weighted by Crippen LogP contribution is -2.39. The summed E-state index contributed by atoms with van der Waals surface area (Å²) in [5.41, 5.74) is 8.19. The first-order valence-electron chi connectivity index (χ1n) is 7.10. The zero-order valence-electron chi connectivity index (χ0n) is 13.3. The third kappa shape index (κ3) is 5.21. The smallest absolute Gasteiger partial charge is 0.253 e. The molecule has 0 heterocycles. The van der Waals surface area contributed by atoms with Crippen molar-refractivity contribution in [2.45, 2.75) is 20.8 Å². The third-order valence-electron chi connectivity index (χ3n) is 3.04. The summed E-state index contributed by atoms with van der Waals surface area (Å²) in [6.07, 6.45) is 0. The molecule has 2 N–H and O–H groups in total. The minimum absolute atomic E-state index is 0.0657. The van der Waals surface area contributed by atoms with E-state index in [1.54, 1.807) is 6.07 Å². The van der Waals surface area contributed by atoms with Crippen molar-refractivity contribution in [1.82, 2.24) is 9.80 Å². The van der Waals surface area contributed by atoms with Crippen LogP contribution in [0.3, 0.4) is 0 Å². The van der Waals surface area contributed by atoms with E-state index >= 15 is 0 Å². The maximum absolute atomic E-state index is 12.6. The first kappa shape index (κ1) is 16.5. The second-order valence-electron chi connectivity index (χ2n) is 6.08. The maximum Gasteiger partial charge on any atom is 0.253 e. The molecule has 4 heteroatoms. The number of carbonyl (C=O) groups is 1. The average Bonchev–Trinajstić information content (AvgIpc) is 2.31. The number of amides is 1. The molecule has 0 saturated carbocycles. The molecular formula is C16H27N3O. The van der Waals surface area contributed by atoms with Crippen molar-refractivity contribution >= 4 is 11.6 Å². The maximum atomic E-state index is 12.6. The Balaban J connectivity index is 2.90. The van der Waals surface area contributed by atoms with Crippen LogP contribution >= 0.6 is 0 Å². The molecule has 1 amide bonds. The van der Waals surface area contributed by atoms with Gasteiger partial charge in [0.2, 0.25) is 0 Å². The van der Waals surface area contributed by atoms with Crippen LogP contribution in [-0.2, 0) is 0 Å². The number of carbonyl (C=O) groups excluding carboxylic acids is 1. The molecule has 0 aliphatic carbocycles. The number of benzene rings is 1. The van der Waals surface area contributed by atoms with Crippen LogP contribution in [0.25, 0.3) is 0 Å². The second kappa shape index (κ2) is 7.29. The van der Waals surface area contributed by atoms with E-state index in [1.807, 2.05) is 38.1 Å².